The predicted molar refractivity (Wildman–Crippen MR) is 55.0 cm³/mol. The highest BCUT2D eigenvalue weighted by Gasteiger charge is 2.45. The van der Waals surface area contributed by atoms with Crippen molar-refractivity contribution in [2.45, 2.75) is 24.7 Å². The zero-order chi connectivity index (χ0) is 10.3. The van der Waals surface area contributed by atoms with Gasteiger partial charge in [-0.1, -0.05) is 12.1 Å². The molecular formula is C12H14O3. The molecule has 0 saturated carbocycles. The number of methoxy groups -OCH3 is 1. The van der Waals surface area contributed by atoms with Crippen molar-refractivity contribution in [3.8, 4) is 5.75 Å². The van der Waals surface area contributed by atoms with E-state index in [1.54, 1.807) is 7.11 Å². The standard InChI is InChI=1S/C12H14O3/c1-13-9-4-2-8(3-5-9)10-6-11-12(15-11)7-14-10/h2-5,10-12H,6-7H2,1H3/t10-,11-,12+/m0/s1. The summed E-state index contributed by atoms with van der Waals surface area (Å²) in [4.78, 5) is 0. The molecular weight excluding hydrogens is 192 g/mol. The van der Waals surface area contributed by atoms with Crippen LogP contribution in [-0.2, 0) is 9.47 Å². The molecule has 3 atom stereocenters. The van der Waals surface area contributed by atoms with Crippen molar-refractivity contribution in [1.29, 1.82) is 0 Å². The van der Waals surface area contributed by atoms with Crippen molar-refractivity contribution in [3.63, 3.8) is 0 Å². The van der Waals surface area contributed by atoms with E-state index in [9.17, 15) is 0 Å². The van der Waals surface area contributed by atoms with Crippen molar-refractivity contribution < 1.29 is 14.2 Å². The third kappa shape index (κ3) is 1.73. The molecule has 0 amide bonds. The zero-order valence-electron chi connectivity index (χ0n) is 8.68. The number of ether oxygens (including phenoxy) is 3. The lowest BCUT2D eigenvalue weighted by molar-refractivity contribution is 0.0289. The van der Waals surface area contributed by atoms with Crippen LogP contribution in [0.25, 0.3) is 0 Å². The fraction of sp³-hybridized carbons (Fsp3) is 0.500. The first-order chi connectivity index (χ1) is 7.36. The number of fused-ring (bicyclic) bond motifs is 1. The van der Waals surface area contributed by atoms with Gasteiger partial charge in [0.05, 0.1) is 25.9 Å². The van der Waals surface area contributed by atoms with Gasteiger partial charge in [0.1, 0.15) is 11.9 Å². The lowest BCUT2D eigenvalue weighted by Gasteiger charge is -2.20. The van der Waals surface area contributed by atoms with Crippen LogP contribution >= 0.6 is 0 Å². The number of rotatable bonds is 2. The fourth-order valence-electron chi connectivity index (χ4n) is 2.07. The highest BCUT2D eigenvalue weighted by atomic mass is 16.6. The molecule has 2 aliphatic rings. The Morgan fingerprint density at radius 1 is 1.20 bits per heavy atom. The lowest BCUT2D eigenvalue weighted by atomic mass is 10.0. The highest BCUT2D eigenvalue weighted by Crippen LogP contribution is 2.39. The quantitative estimate of drug-likeness (QED) is 0.693. The van der Waals surface area contributed by atoms with Crippen molar-refractivity contribution in [1.82, 2.24) is 0 Å². The Morgan fingerprint density at radius 2 is 2.00 bits per heavy atom. The van der Waals surface area contributed by atoms with E-state index < -0.39 is 0 Å². The van der Waals surface area contributed by atoms with Gasteiger partial charge in [-0.25, -0.2) is 0 Å². The maximum Gasteiger partial charge on any atom is 0.118 e. The summed E-state index contributed by atoms with van der Waals surface area (Å²) in [6, 6.07) is 8.06. The second-order valence-electron chi connectivity index (χ2n) is 4.04. The molecule has 0 bridgehead atoms. The molecule has 2 aliphatic heterocycles. The molecule has 0 aliphatic carbocycles. The molecule has 1 aromatic carbocycles. The van der Waals surface area contributed by atoms with Gasteiger partial charge in [0.2, 0.25) is 0 Å². The Balaban J connectivity index is 1.74. The van der Waals surface area contributed by atoms with E-state index >= 15 is 0 Å². The van der Waals surface area contributed by atoms with Crippen molar-refractivity contribution in [2.24, 2.45) is 0 Å². The molecule has 3 nitrogen and oxygen atoms in total. The van der Waals surface area contributed by atoms with Crippen LogP contribution < -0.4 is 4.74 Å². The summed E-state index contributed by atoms with van der Waals surface area (Å²) < 4.78 is 16.3. The van der Waals surface area contributed by atoms with E-state index in [0.717, 1.165) is 18.8 Å². The molecule has 0 N–H and O–H groups in total. The van der Waals surface area contributed by atoms with Gasteiger partial charge in [0.15, 0.2) is 0 Å². The molecule has 80 valence electrons. The van der Waals surface area contributed by atoms with Gasteiger partial charge in [0, 0.05) is 6.42 Å². The molecule has 0 unspecified atom stereocenters. The number of benzene rings is 1. The van der Waals surface area contributed by atoms with Gasteiger partial charge in [-0.2, -0.15) is 0 Å². The summed E-state index contributed by atoms with van der Waals surface area (Å²) in [5.41, 5.74) is 1.21. The molecule has 0 radical (unpaired) electrons. The maximum atomic E-state index is 5.73. The normalized spacial score (nSPS) is 33.3. The van der Waals surface area contributed by atoms with Crippen molar-refractivity contribution in [3.05, 3.63) is 29.8 Å². The van der Waals surface area contributed by atoms with E-state index in [1.165, 1.54) is 5.56 Å². The van der Waals surface area contributed by atoms with Crippen LogP contribution in [0.15, 0.2) is 24.3 Å². The molecule has 2 fully saturated rings. The molecule has 2 saturated heterocycles. The summed E-state index contributed by atoms with van der Waals surface area (Å²) in [6.45, 7) is 0.737. The SMILES string of the molecule is COc1ccc([C@@H]2C[C@@H]3O[C@@H]3CO2)cc1. The monoisotopic (exact) mass is 206 g/mol. The minimum Gasteiger partial charge on any atom is -0.497 e. The molecule has 0 aromatic heterocycles. The van der Waals surface area contributed by atoms with E-state index in [2.05, 4.69) is 12.1 Å². The van der Waals surface area contributed by atoms with Gasteiger partial charge < -0.3 is 14.2 Å². The molecule has 3 heteroatoms. The Labute approximate surface area is 89.0 Å². The third-order valence-corrected chi connectivity index (χ3v) is 3.08. The first-order valence-electron chi connectivity index (χ1n) is 5.28. The molecule has 3 rings (SSSR count). The van der Waals surface area contributed by atoms with Crippen LogP contribution in [0.1, 0.15) is 18.1 Å². The second kappa shape index (κ2) is 3.51. The topological polar surface area (TPSA) is 31.0 Å². The maximum absolute atomic E-state index is 5.73. The third-order valence-electron chi connectivity index (χ3n) is 3.08. The Bertz CT molecular complexity index is 346. The van der Waals surface area contributed by atoms with Crippen LogP contribution in [0.4, 0.5) is 0 Å². The summed E-state index contributed by atoms with van der Waals surface area (Å²) in [7, 11) is 1.68. The largest absolute Gasteiger partial charge is 0.497 e. The summed E-state index contributed by atoms with van der Waals surface area (Å²) in [5.74, 6) is 0.884. The molecule has 0 spiro atoms. The zero-order valence-corrected chi connectivity index (χ0v) is 8.68. The fourth-order valence-corrected chi connectivity index (χ4v) is 2.07. The second-order valence-corrected chi connectivity index (χ2v) is 4.04. The first-order valence-corrected chi connectivity index (χ1v) is 5.28. The minimum atomic E-state index is 0.194. The van der Waals surface area contributed by atoms with E-state index in [-0.39, 0.29) is 6.10 Å². The van der Waals surface area contributed by atoms with Gasteiger partial charge in [-0.15, -0.1) is 0 Å². The Morgan fingerprint density at radius 3 is 2.67 bits per heavy atom. The lowest BCUT2D eigenvalue weighted by Crippen LogP contribution is -2.18. The molecule has 1 aromatic rings. The van der Waals surface area contributed by atoms with Crippen LogP contribution in [0.3, 0.4) is 0 Å². The molecule has 15 heavy (non-hydrogen) atoms. The van der Waals surface area contributed by atoms with E-state index in [1.807, 2.05) is 12.1 Å². The average Bonchev–Trinajstić information content (AvgIpc) is 3.07. The predicted octanol–water partition coefficient (Wildman–Crippen LogP) is 1.92. The number of hydrogen-bond donors (Lipinski definition) is 0. The van der Waals surface area contributed by atoms with Crippen LogP contribution in [0.2, 0.25) is 0 Å². The van der Waals surface area contributed by atoms with Gasteiger partial charge in [-0.05, 0) is 17.7 Å². The van der Waals surface area contributed by atoms with Gasteiger partial charge >= 0.3 is 0 Å². The van der Waals surface area contributed by atoms with Crippen molar-refractivity contribution >= 4 is 0 Å². The smallest absolute Gasteiger partial charge is 0.118 e. The number of epoxide rings is 1. The van der Waals surface area contributed by atoms with E-state index in [0.29, 0.717) is 12.2 Å². The average molecular weight is 206 g/mol. The van der Waals surface area contributed by atoms with E-state index in [4.69, 9.17) is 14.2 Å². The molecule has 2 heterocycles. The highest BCUT2D eigenvalue weighted by molar-refractivity contribution is 5.29. The Kier molecular flexibility index (Phi) is 2.15. The summed E-state index contributed by atoms with van der Waals surface area (Å²) >= 11 is 0. The minimum absolute atomic E-state index is 0.194. The Hall–Kier alpha value is -1.06. The van der Waals surface area contributed by atoms with Crippen LogP contribution in [0.5, 0.6) is 5.75 Å². The number of hydrogen-bond acceptors (Lipinski definition) is 3. The van der Waals surface area contributed by atoms with Crippen LogP contribution in [0, 0.1) is 0 Å². The first kappa shape index (κ1) is 9.19. The van der Waals surface area contributed by atoms with Gasteiger partial charge in [-0.3, -0.25) is 0 Å². The van der Waals surface area contributed by atoms with Crippen LogP contribution in [-0.4, -0.2) is 25.9 Å². The summed E-state index contributed by atoms with van der Waals surface area (Å²) in [5, 5.41) is 0. The summed E-state index contributed by atoms with van der Waals surface area (Å²) in [6.07, 6.45) is 1.99. The van der Waals surface area contributed by atoms with Crippen molar-refractivity contribution in [2.75, 3.05) is 13.7 Å². The van der Waals surface area contributed by atoms with Gasteiger partial charge in [0.25, 0.3) is 0 Å².